The van der Waals surface area contributed by atoms with Crippen LogP contribution in [0.15, 0.2) is 59.3 Å². The zero-order chi connectivity index (χ0) is 14.7. The molecule has 2 heterocycles. The third-order valence-corrected chi connectivity index (χ3v) is 3.63. The highest BCUT2D eigenvalue weighted by molar-refractivity contribution is 9.10. The van der Waals surface area contributed by atoms with Crippen molar-refractivity contribution in [2.75, 3.05) is 5.32 Å². The average Bonchev–Trinajstić information content (AvgIpc) is 2.96. The number of amides is 1. The van der Waals surface area contributed by atoms with Crippen LogP contribution in [0.3, 0.4) is 0 Å². The SMILES string of the molecule is O=C(Nc1[nH]ncc1-c1ccccc1Br)c1ccccn1. The van der Waals surface area contributed by atoms with E-state index in [9.17, 15) is 4.79 Å². The van der Waals surface area contributed by atoms with Gasteiger partial charge in [-0.05, 0) is 18.2 Å². The van der Waals surface area contributed by atoms with Gasteiger partial charge in [-0.25, -0.2) is 0 Å². The Morgan fingerprint density at radius 2 is 1.90 bits per heavy atom. The van der Waals surface area contributed by atoms with Crippen molar-refractivity contribution in [3.05, 3.63) is 65.0 Å². The van der Waals surface area contributed by atoms with E-state index >= 15 is 0 Å². The molecule has 0 saturated heterocycles. The monoisotopic (exact) mass is 342 g/mol. The van der Waals surface area contributed by atoms with Crippen LogP contribution >= 0.6 is 15.9 Å². The zero-order valence-electron chi connectivity index (χ0n) is 10.9. The van der Waals surface area contributed by atoms with Gasteiger partial charge in [-0.15, -0.1) is 0 Å². The summed E-state index contributed by atoms with van der Waals surface area (Å²) < 4.78 is 0.930. The van der Waals surface area contributed by atoms with Crippen LogP contribution in [0.4, 0.5) is 5.82 Å². The molecule has 0 radical (unpaired) electrons. The third-order valence-electron chi connectivity index (χ3n) is 2.94. The van der Waals surface area contributed by atoms with Crippen LogP contribution in [-0.2, 0) is 0 Å². The Morgan fingerprint density at radius 3 is 2.67 bits per heavy atom. The molecule has 21 heavy (non-hydrogen) atoms. The molecule has 5 nitrogen and oxygen atoms in total. The Hall–Kier alpha value is -2.47. The Morgan fingerprint density at radius 1 is 1.10 bits per heavy atom. The number of H-pyrrole nitrogens is 1. The quantitative estimate of drug-likeness (QED) is 0.765. The minimum Gasteiger partial charge on any atom is -0.305 e. The number of nitrogens with one attached hydrogen (secondary N) is 2. The number of carbonyl (C=O) groups excluding carboxylic acids is 1. The van der Waals surface area contributed by atoms with Gasteiger partial charge in [0, 0.05) is 21.8 Å². The summed E-state index contributed by atoms with van der Waals surface area (Å²) in [7, 11) is 0. The van der Waals surface area contributed by atoms with Crippen LogP contribution in [0.1, 0.15) is 10.5 Å². The van der Waals surface area contributed by atoms with Crippen molar-refractivity contribution in [2.24, 2.45) is 0 Å². The fourth-order valence-corrected chi connectivity index (χ4v) is 2.44. The second-order valence-electron chi connectivity index (χ2n) is 4.31. The molecule has 3 aromatic rings. The van der Waals surface area contributed by atoms with Crippen molar-refractivity contribution in [3.63, 3.8) is 0 Å². The Bertz CT molecular complexity index is 770. The summed E-state index contributed by atoms with van der Waals surface area (Å²) in [6.45, 7) is 0. The number of aromatic nitrogens is 3. The molecule has 0 aliphatic rings. The van der Waals surface area contributed by atoms with E-state index in [2.05, 4.69) is 36.4 Å². The Labute approximate surface area is 129 Å². The molecule has 3 rings (SSSR count). The van der Waals surface area contributed by atoms with Crippen LogP contribution in [0, 0.1) is 0 Å². The van der Waals surface area contributed by atoms with Gasteiger partial charge >= 0.3 is 0 Å². The fourth-order valence-electron chi connectivity index (χ4n) is 1.94. The van der Waals surface area contributed by atoms with E-state index in [1.54, 1.807) is 30.6 Å². The van der Waals surface area contributed by atoms with E-state index in [1.165, 1.54) is 0 Å². The highest BCUT2D eigenvalue weighted by Crippen LogP contribution is 2.32. The van der Waals surface area contributed by atoms with Crippen molar-refractivity contribution >= 4 is 27.7 Å². The molecule has 2 aromatic heterocycles. The van der Waals surface area contributed by atoms with E-state index in [-0.39, 0.29) is 5.91 Å². The normalized spacial score (nSPS) is 10.3. The molecule has 1 aromatic carbocycles. The van der Waals surface area contributed by atoms with Crippen molar-refractivity contribution < 1.29 is 4.79 Å². The number of nitrogens with zero attached hydrogens (tertiary/aromatic N) is 2. The maximum absolute atomic E-state index is 12.1. The predicted molar refractivity (Wildman–Crippen MR) is 83.9 cm³/mol. The van der Waals surface area contributed by atoms with Crippen LogP contribution in [0.5, 0.6) is 0 Å². The minimum absolute atomic E-state index is 0.284. The van der Waals surface area contributed by atoms with Gasteiger partial charge in [-0.1, -0.05) is 40.2 Å². The molecule has 0 fully saturated rings. The standard InChI is InChI=1S/C15H11BrN4O/c16-12-6-2-1-5-10(12)11-9-18-20-14(11)19-15(21)13-7-3-4-8-17-13/h1-9H,(H2,18,19,20,21). The smallest absolute Gasteiger partial charge is 0.275 e. The lowest BCUT2D eigenvalue weighted by Crippen LogP contribution is -2.14. The number of rotatable bonds is 3. The van der Waals surface area contributed by atoms with Crippen molar-refractivity contribution in [1.29, 1.82) is 0 Å². The first-order chi connectivity index (χ1) is 10.3. The Kier molecular flexibility index (Phi) is 3.79. The average molecular weight is 343 g/mol. The molecular weight excluding hydrogens is 332 g/mol. The number of hydrogen-bond donors (Lipinski definition) is 2. The number of hydrogen-bond acceptors (Lipinski definition) is 3. The van der Waals surface area contributed by atoms with Gasteiger partial charge in [0.2, 0.25) is 0 Å². The van der Waals surface area contributed by atoms with Crippen LogP contribution in [0.2, 0.25) is 0 Å². The predicted octanol–water partition coefficient (Wildman–Crippen LogP) is 3.49. The van der Waals surface area contributed by atoms with E-state index in [4.69, 9.17) is 0 Å². The van der Waals surface area contributed by atoms with Crippen molar-refractivity contribution in [3.8, 4) is 11.1 Å². The summed E-state index contributed by atoms with van der Waals surface area (Å²) in [5.41, 5.74) is 2.11. The lowest BCUT2D eigenvalue weighted by Gasteiger charge is -2.07. The van der Waals surface area contributed by atoms with Crippen molar-refractivity contribution in [2.45, 2.75) is 0 Å². The summed E-state index contributed by atoms with van der Waals surface area (Å²) in [6.07, 6.45) is 3.25. The molecule has 0 atom stereocenters. The largest absolute Gasteiger partial charge is 0.305 e. The van der Waals surface area contributed by atoms with Crippen molar-refractivity contribution in [1.82, 2.24) is 15.2 Å². The fraction of sp³-hybridized carbons (Fsp3) is 0. The molecular formula is C15H11BrN4O. The number of pyridine rings is 1. The third kappa shape index (κ3) is 2.85. The lowest BCUT2D eigenvalue weighted by atomic mass is 10.1. The highest BCUT2D eigenvalue weighted by atomic mass is 79.9. The second kappa shape index (κ2) is 5.88. The van der Waals surface area contributed by atoms with E-state index < -0.39 is 0 Å². The maximum Gasteiger partial charge on any atom is 0.275 e. The molecule has 1 amide bonds. The molecule has 0 bridgehead atoms. The summed E-state index contributed by atoms with van der Waals surface area (Å²) >= 11 is 3.50. The molecule has 0 aliphatic heterocycles. The summed E-state index contributed by atoms with van der Waals surface area (Å²) in [4.78, 5) is 16.2. The van der Waals surface area contributed by atoms with E-state index in [0.29, 0.717) is 11.5 Å². The van der Waals surface area contributed by atoms with Crippen LogP contribution in [0.25, 0.3) is 11.1 Å². The first-order valence-corrected chi connectivity index (χ1v) is 7.05. The van der Waals surface area contributed by atoms with E-state index in [0.717, 1.165) is 15.6 Å². The lowest BCUT2D eigenvalue weighted by molar-refractivity contribution is 0.102. The molecule has 0 spiro atoms. The van der Waals surface area contributed by atoms with Gasteiger partial charge in [0.05, 0.1) is 6.20 Å². The number of aromatic amines is 1. The number of halogens is 1. The number of anilines is 1. The number of benzene rings is 1. The molecule has 6 heteroatoms. The highest BCUT2D eigenvalue weighted by Gasteiger charge is 2.14. The molecule has 2 N–H and O–H groups in total. The Balaban J connectivity index is 1.90. The number of carbonyl (C=O) groups is 1. The summed E-state index contributed by atoms with van der Waals surface area (Å²) in [6, 6.07) is 12.9. The molecule has 0 saturated carbocycles. The zero-order valence-corrected chi connectivity index (χ0v) is 12.5. The van der Waals surface area contributed by atoms with Gasteiger partial charge in [-0.2, -0.15) is 5.10 Å². The minimum atomic E-state index is -0.284. The van der Waals surface area contributed by atoms with E-state index in [1.807, 2.05) is 24.3 Å². The van der Waals surface area contributed by atoms with Gasteiger partial charge in [0.15, 0.2) is 0 Å². The second-order valence-corrected chi connectivity index (χ2v) is 5.16. The van der Waals surface area contributed by atoms with Gasteiger partial charge < -0.3 is 5.32 Å². The molecule has 104 valence electrons. The summed E-state index contributed by atoms with van der Waals surface area (Å²) in [5.74, 6) is 0.255. The maximum atomic E-state index is 12.1. The van der Waals surface area contributed by atoms with Crippen LogP contribution < -0.4 is 5.32 Å². The summed E-state index contributed by atoms with van der Waals surface area (Å²) in [5, 5.41) is 9.60. The molecule has 0 unspecified atom stereocenters. The van der Waals surface area contributed by atoms with Gasteiger partial charge in [0.25, 0.3) is 5.91 Å². The molecule has 0 aliphatic carbocycles. The first-order valence-electron chi connectivity index (χ1n) is 6.26. The van der Waals surface area contributed by atoms with Gasteiger partial charge in [0.1, 0.15) is 11.5 Å². The first kappa shape index (κ1) is 13.5. The van der Waals surface area contributed by atoms with Crippen LogP contribution in [-0.4, -0.2) is 21.1 Å². The topological polar surface area (TPSA) is 70.7 Å². The van der Waals surface area contributed by atoms with Gasteiger partial charge in [-0.3, -0.25) is 14.9 Å².